The van der Waals surface area contributed by atoms with Gasteiger partial charge in [-0.2, -0.15) is 15.0 Å². The average Bonchev–Trinajstić information content (AvgIpc) is 1.84. The molecule has 0 aliphatic carbocycles. The fourth-order valence-corrected chi connectivity index (χ4v) is 0.427. The van der Waals surface area contributed by atoms with Crippen LogP contribution >= 0.6 is 8.69 Å². The lowest BCUT2D eigenvalue weighted by molar-refractivity contribution is 0.524. The van der Waals surface area contributed by atoms with Gasteiger partial charge < -0.3 is 22.1 Å². The summed E-state index contributed by atoms with van der Waals surface area (Å²) in [7, 11) is -0.833. The maximum atomic E-state index is 8.46. The van der Waals surface area contributed by atoms with E-state index in [0.29, 0.717) is 0 Å². The molecule has 0 bridgehead atoms. The van der Waals surface area contributed by atoms with Gasteiger partial charge in [0.2, 0.25) is 17.8 Å². The van der Waals surface area contributed by atoms with Gasteiger partial charge in [0, 0.05) is 0 Å². The summed E-state index contributed by atoms with van der Waals surface area (Å²) in [6.45, 7) is 0. The zero-order valence-electron chi connectivity index (χ0n) is 5.88. The quantitative estimate of drug-likeness (QED) is 0.372. The van der Waals surface area contributed by atoms with Crippen molar-refractivity contribution in [1.82, 2.24) is 15.0 Å². The van der Waals surface area contributed by atoms with Crippen LogP contribution < -0.4 is 17.2 Å². The molecule has 1 aromatic heterocycles. The molecule has 0 saturated carbocycles. The zero-order valence-corrected chi connectivity index (χ0v) is 6.77. The molecule has 0 radical (unpaired) electrons. The van der Waals surface area contributed by atoms with E-state index in [9.17, 15) is 0 Å². The number of anilines is 3. The van der Waals surface area contributed by atoms with E-state index < -0.39 is 8.69 Å². The molecule has 66 valence electrons. The first-order valence-corrected chi connectivity index (χ1v) is 3.36. The van der Waals surface area contributed by atoms with Crippen LogP contribution in [0.3, 0.4) is 0 Å². The Bertz CT molecular complexity index is 216. The predicted molar refractivity (Wildman–Crippen MR) is 42.9 cm³/mol. The summed E-state index contributed by atoms with van der Waals surface area (Å²) in [5, 5.41) is 0. The molecule has 0 amide bonds. The molecule has 8 nitrogen and oxygen atoms in total. The molecule has 12 heavy (non-hydrogen) atoms. The number of aromatic nitrogens is 3. The van der Waals surface area contributed by atoms with E-state index in [2.05, 4.69) is 15.0 Å². The molecule has 9 heteroatoms. The highest BCUT2D eigenvalue weighted by molar-refractivity contribution is 7.16. The molecular formula is C3H7N6O2P. The Labute approximate surface area is 69.1 Å². The molecule has 0 fully saturated rings. The molecule has 0 aliphatic heterocycles. The van der Waals surface area contributed by atoms with Gasteiger partial charge in [-0.3, -0.25) is 0 Å². The fourth-order valence-electron chi connectivity index (χ4n) is 0.427. The molecule has 1 heterocycles. The van der Waals surface area contributed by atoms with Gasteiger partial charge in [0.05, 0.1) is 0 Å². The van der Waals surface area contributed by atoms with Crippen LogP contribution in [0.1, 0.15) is 0 Å². The molecule has 0 unspecified atom stereocenters. The van der Waals surface area contributed by atoms with E-state index in [-0.39, 0.29) is 17.8 Å². The lowest BCUT2D eigenvalue weighted by atomic mass is 10.9. The predicted octanol–water partition coefficient (Wildman–Crippen LogP) is -1.20. The summed E-state index contributed by atoms with van der Waals surface area (Å²) >= 11 is 0. The third kappa shape index (κ3) is 4.31. The minimum absolute atomic E-state index is 0.0417. The highest BCUT2D eigenvalue weighted by atomic mass is 31.1. The second-order valence-electron chi connectivity index (χ2n) is 1.49. The van der Waals surface area contributed by atoms with E-state index in [4.69, 9.17) is 26.7 Å². The molecule has 0 atom stereocenters. The Hall–Kier alpha value is -1.53. The highest BCUT2D eigenvalue weighted by Gasteiger charge is 1.93. The normalized spacial score (nSPS) is 8.75. The van der Waals surface area contributed by atoms with E-state index in [1.807, 2.05) is 0 Å². The van der Waals surface area contributed by atoms with Crippen LogP contribution in [-0.4, -0.2) is 19.8 Å². The van der Waals surface area contributed by atoms with Gasteiger partial charge in [-0.1, -0.05) is 0 Å². The van der Waals surface area contributed by atoms with Crippen LogP contribution in [0.2, 0.25) is 0 Å². The smallest absolute Gasteiger partial charge is 0.324 e. The molecule has 7 N–H and O–H groups in total. The number of rotatable bonds is 0. The summed E-state index contributed by atoms with van der Waals surface area (Å²) in [5.74, 6) is 0.125. The first-order valence-electron chi connectivity index (χ1n) is 2.59. The summed E-state index contributed by atoms with van der Waals surface area (Å²) in [5.41, 5.74) is 15.4. The summed E-state index contributed by atoms with van der Waals surface area (Å²) in [4.78, 5) is 17.4. The number of nitrogen functional groups attached to an aromatic ring is 3. The van der Waals surface area contributed by atoms with E-state index >= 15 is 0 Å². The van der Waals surface area contributed by atoms with E-state index in [1.165, 1.54) is 0 Å². The number of hydrogen-bond acceptors (Lipinski definition) is 7. The van der Waals surface area contributed by atoms with Crippen molar-refractivity contribution in [3.05, 3.63) is 0 Å². The Balaban J connectivity index is 0.000000354. The average molecular weight is 190 g/mol. The monoisotopic (exact) mass is 190 g/mol. The van der Waals surface area contributed by atoms with Crippen LogP contribution in [0, 0.1) is 0 Å². The first-order chi connectivity index (χ1) is 5.60. The second kappa shape index (κ2) is 5.16. The van der Waals surface area contributed by atoms with Gasteiger partial charge in [-0.05, 0) is 0 Å². The fraction of sp³-hybridized carbons (Fsp3) is 0. The van der Waals surface area contributed by atoms with Crippen LogP contribution in [0.4, 0.5) is 17.8 Å². The van der Waals surface area contributed by atoms with E-state index in [1.54, 1.807) is 0 Å². The van der Waals surface area contributed by atoms with Crippen LogP contribution in [0.15, 0.2) is 0 Å². The third-order valence-corrected chi connectivity index (χ3v) is 0.687. The van der Waals surface area contributed by atoms with Crippen molar-refractivity contribution >= 4 is 26.5 Å². The SMILES string of the molecule is Nc1nc(N)nc(N)n1.O=PO. The van der Waals surface area contributed by atoms with E-state index in [0.717, 1.165) is 0 Å². The van der Waals surface area contributed by atoms with Crippen LogP contribution in [0.25, 0.3) is 0 Å². The summed E-state index contributed by atoms with van der Waals surface area (Å²) < 4.78 is 8.46. The molecule has 1 aromatic rings. The second-order valence-corrected chi connectivity index (χ2v) is 1.65. The van der Waals surface area contributed by atoms with Gasteiger partial charge in [0.1, 0.15) is 0 Å². The maximum Gasteiger partial charge on any atom is 0.324 e. The Kier molecular flexibility index (Phi) is 4.51. The van der Waals surface area contributed by atoms with Crippen LogP contribution in [0.5, 0.6) is 0 Å². The zero-order chi connectivity index (χ0) is 9.56. The highest BCUT2D eigenvalue weighted by Crippen LogP contribution is 1.97. The standard InChI is InChI=1S/C3H6N6.HO2P/c4-1-7-2(5)9-3(6)8-1;1-3-2/h(H6,4,5,6,7,8,9);(H,1,2). The van der Waals surface area contributed by atoms with Gasteiger partial charge >= 0.3 is 8.69 Å². The Morgan fingerprint density at radius 1 is 1.00 bits per heavy atom. The first kappa shape index (κ1) is 10.5. The molecule has 0 aromatic carbocycles. The minimum Gasteiger partial charge on any atom is -0.368 e. The lowest BCUT2D eigenvalue weighted by Crippen LogP contribution is -2.05. The van der Waals surface area contributed by atoms with Crippen molar-refractivity contribution in [3.8, 4) is 0 Å². The summed E-state index contributed by atoms with van der Waals surface area (Å²) in [6, 6.07) is 0. The van der Waals surface area contributed by atoms with Crippen molar-refractivity contribution in [2.75, 3.05) is 17.2 Å². The maximum absolute atomic E-state index is 8.46. The van der Waals surface area contributed by atoms with Crippen molar-refractivity contribution in [1.29, 1.82) is 0 Å². The Morgan fingerprint density at radius 2 is 1.17 bits per heavy atom. The van der Waals surface area contributed by atoms with Crippen molar-refractivity contribution in [2.24, 2.45) is 0 Å². The third-order valence-electron chi connectivity index (χ3n) is 0.687. The lowest BCUT2D eigenvalue weighted by Gasteiger charge is -1.93. The molecule has 0 spiro atoms. The van der Waals surface area contributed by atoms with Gasteiger partial charge in [-0.15, -0.1) is 0 Å². The van der Waals surface area contributed by atoms with Gasteiger partial charge in [0.25, 0.3) is 0 Å². The topological polar surface area (TPSA) is 154 Å². The number of hydrogen-bond donors (Lipinski definition) is 4. The largest absolute Gasteiger partial charge is 0.368 e. The van der Waals surface area contributed by atoms with Crippen LogP contribution in [-0.2, 0) is 4.57 Å². The molecule has 0 saturated heterocycles. The van der Waals surface area contributed by atoms with Crippen molar-refractivity contribution < 1.29 is 9.46 Å². The molecule has 1 rings (SSSR count). The molecule has 0 aliphatic rings. The minimum atomic E-state index is -0.833. The number of nitrogens with zero attached hydrogens (tertiary/aromatic N) is 3. The van der Waals surface area contributed by atoms with Gasteiger partial charge in [-0.25, -0.2) is 4.57 Å². The molecular weight excluding hydrogens is 183 g/mol. The Morgan fingerprint density at radius 3 is 1.33 bits per heavy atom. The number of nitrogens with two attached hydrogens (primary N) is 3. The summed E-state index contributed by atoms with van der Waals surface area (Å²) in [6.07, 6.45) is 0. The van der Waals surface area contributed by atoms with Crippen molar-refractivity contribution in [2.45, 2.75) is 0 Å². The van der Waals surface area contributed by atoms with Crippen molar-refractivity contribution in [3.63, 3.8) is 0 Å². The van der Waals surface area contributed by atoms with Gasteiger partial charge in [0.15, 0.2) is 0 Å².